The van der Waals surface area contributed by atoms with E-state index in [1.807, 2.05) is 12.1 Å². The van der Waals surface area contributed by atoms with Crippen molar-refractivity contribution in [2.75, 3.05) is 18.0 Å². The number of ether oxygens (including phenoxy) is 1. The number of carbonyl (C=O) groups excluding carboxylic acids is 1. The van der Waals surface area contributed by atoms with Crippen LogP contribution >= 0.6 is 0 Å². The second-order valence-corrected chi connectivity index (χ2v) is 7.24. The molecule has 1 aliphatic heterocycles. The van der Waals surface area contributed by atoms with Crippen LogP contribution in [0.2, 0.25) is 0 Å². The van der Waals surface area contributed by atoms with Crippen LogP contribution in [0.3, 0.4) is 0 Å². The van der Waals surface area contributed by atoms with Gasteiger partial charge in [-0.15, -0.1) is 0 Å². The van der Waals surface area contributed by atoms with E-state index in [0.29, 0.717) is 29.5 Å². The molecule has 0 aromatic heterocycles. The molecule has 0 bridgehead atoms. The molecule has 2 aromatic carbocycles. The fourth-order valence-corrected chi connectivity index (χ4v) is 3.77. The number of anilines is 1. The maximum absolute atomic E-state index is 11.5. The number of aldehydes is 1. The molecule has 0 spiro atoms. The number of nitrogens with zero attached hydrogens (tertiary/aromatic N) is 2. The third-order valence-electron chi connectivity index (χ3n) is 5.27. The average molecular weight is 382 g/mol. The zero-order valence-corrected chi connectivity index (χ0v) is 16.2. The van der Waals surface area contributed by atoms with Crippen molar-refractivity contribution in [3.05, 3.63) is 58.1 Å². The first-order chi connectivity index (χ1) is 13.6. The number of piperidine rings is 1. The lowest BCUT2D eigenvalue weighted by Crippen LogP contribution is -2.34. The number of rotatable bonds is 8. The quantitative estimate of drug-likeness (QED) is 0.359. The molecule has 1 saturated heterocycles. The van der Waals surface area contributed by atoms with Gasteiger partial charge in [0.25, 0.3) is 5.69 Å². The van der Waals surface area contributed by atoms with Crippen molar-refractivity contribution in [2.45, 2.75) is 39.0 Å². The summed E-state index contributed by atoms with van der Waals surface area (Å²) in [5.41, 5.74) is 1.65. The van der Waals surface area contributed by atoms with Gasteiger partial charge < -0.3 is 14.4 Å². The maximum atomic E-state index is 11.5. The highest BCUT2D eigenvalue weighted by Gasteiger charge is 2.25. The first kappa shape index (κ1) is 19.9. The van der Waals surface area contributed by atoms with Gasteiger partial charge >= 0.3 is 0 Å². The predicted molar refractivity (Wildman–Crippen MR) is 109 cm³/mol. The van der Waals surface area contributed by atoms with Crippen LogP contribution in [-0.2, 0) is 11.2 Å². The molecule has 0 amide bonds. The van der Waals surface area contributed by atoms with Gasteiger partial charge in [-0.3, -0.25) is 10.1 Å². The van der Waals surface area contributed by atoms with E-state index in [1.165, 1.54) is 18.9 Å². The Morgan fingerprint density at radius 2 is 1.82 bits per heavy atom. The van der Waals surface area contributed by atoms with Crippen molar-refractivity contribution < 1.29 is 14.5 Å². The van der Waals surface area contributed by atoms with Crippen molar-refractivity contribution in [1.29, 1.82) is 0 Å². The fraction of sp³-hybridized carbons (Fsp3) is 0.409. The highest BCUT2D eigenvalue weighted by molar-refractivity contribution is 5.66. The van der Waals surface area contributed by atoms with E-state index in [0.717, 1.165) is 37.8 Å². The van der Waals surface area contributed by atoms with E-state index in [4.69, 9.17) is 4.74 Å². The van der Waals surface area contributed by atoms with E-state index in [2.05, 4.69) is 11.8 Å². The highest BCUT2D eigenvalue weighted by atomic mass is 16.6. The third kappa shape index (κ3) is 4.88. The number of carbonyl (C=O) groups is 1. The van der Waals surface area contributed by atoms with Crippen LogP contribution in [0.5, 0.6) is 11.5 Å². The number of hydrogen-bond acceptors (Lipinski definition) is 5. The summed E-state index contributed by atoms with van der Waals surface area (Å²) in [6.07, 6.45) is 5.76. The largest absolute Gasteiger partial charge is 0.457 e. The Morgan fingerprint density at radius 1 is 1.14 bits per heavy atom. The Labute approximate surface area is 165 Å². The maximum Gasteiger partial charge on any atom is 0.292 e. The van der Waals surface area contributed by atoms with Crippen LogP contribution in [0.1, 0.15) is 38.2 Å². The minimum Gasteiger partial charge on any atom is -0.457 e. The van der Waals surface area contributed by atoms with Crippen LogP contribution in [0.15, 0.2) is 42.5 Å². The standard InChI is InChI=1S/C22H26N2O4/c1-2-3-17-10-13-23(14-11-17)22-16-20(8-9-21(22)24(26)27)28-19-6-4-18(5-7-19)12-15-25/h4-9,15-17H,2-3,10-14H2,1H3. The van der Waals surface area contributed by atoms with Crippen molar-refractivity contribution in [2.24, 2.45) is 5.92 Å². The van der Waals surface area contributed by atoms with Crippen LogP contribution in [0.25, 0.3) is 0 Å². The molecule has 0 atom stereocenters. The van der Waals surface area contributed by atoms with Gasteiger partial charge in [-0.2, -0.15) is 0 Å². The Hall–Kier alpha value is -2.89. The molecule has 148 valence electrons. The molecule has 1 fully saturated rings. The van der Waals surface area contributed by atoms with Crippen molar-refractivity contribution in [3.63, 3.8) is 0 Å². The summed E-state index contributed by atoms with van der Waals surface area (Å²) in [6.45, 7) is 3.86. The smallest absolute Gasteiger partial charge is 0.292 e. The molecule has 0 radical (unpaired) electrons. The van der Waals surface area contributed by atoms with Gasteiger partial charge in [-0.1, -0.05) is 31.9 Å². The molecule has 1 heterocycles. The normalized spacial score (nSPS) is 14.7. The molecule has 0 aliphatic carbocycles. The molecule has 28 heavy (non-hydrogen) atoms. The minimum absolute atomic E-state index is 0.114. The second kappa shape index (κ2) is 9.35. The number of benzene rings is 2. The molecule has 0 saturated carbocycles. The lowest BCUT2D eigenvalue weighted by Gasteiger charge is -2.33. The van der Waals surface area contributed by atoms with Crippen molar-refractivity contribution in [1.82, 2.24) is 0 Å². The summed E-state index contributed by atoms with van der Waals surface area (Å²) in [5.74, 6) is 1.92. The molecular formula is C22H26N2O4. The molecule has 0 N–H and O–H groups in total. The Morgan fingerprint density at radius 3 is 2.43 bits per heavy atom. The van der Waals surface area contributed by atoms with Gasteiger partial charge in [0.2, 0.25) is 0 Å². The SMILES string of the molecule is CCCC1CCN(c2cc(Oc3ccc(CC=O)cc3)ccc2[N+](=O)[O-])CC1. The van der Waals surface area contributed by atoms with Crippen LogP contribution in [0, 0.1) is 16.0 Å². The molecule has 2 aromatic rings. The minimum atomic E-state index is -0.328. The lowest BCUT2D eigenvalue weighted by atomic mass is 9.92. The van der Waals surface area contributed by atoms with Gasteiger partial charge in [0.1, 0.15) is 23.5 Å². The highest BCUT2D eigenvalue weighted by Crippen LogP contribution is 2.36. The monoisotopic (exact) mass is 382 g/mol. The molecule has 1 aliphatic rings. The summed E-state index contributed by atoms with van der Waals surface area (Å²) in [7, 11) is 0. The summed E-state index contributed by atoms with van der Waals surface area (Å²) in [4.78, 5) is 23.9. The molecule has 0 unspecified atom stereocenters. The van der Waals surface area contributed by atoms with E-state index in [9.17, 15) is 14.9 Å². The van der Waals surface area contributed by atoms with Gasteiger partial charge in [0, 0.05) is 31.6 Å². The second-order valence-electron chi connectivity index (χ2n) is 7.24. The van der Waals surface area contributed by atoms with Gasteiger partial charge in [-0.25, -0.2) is 0 Å². The molecule has 3 rings (SSSR count). The van der Waals surface area contributed by atoms with E-state index < -0.39 is 0 Å². The van der Waals surface area contributed by atoms with Gasteiger partial charge in [0.05, 0.1) is 4.92 Å². The molecular weight excluding hydrogens is 356 g/mol. The summed E-state index contributed by atoms with van der Waals surface area (Å²) in [6, 6.07) is 12.2. The average Bonchev–Trinajstić information content (AvgIpc) is 2.70. The summed E-state index contributed by atoms with van der Waals surface area (Å²) >= 11 is 0. The first-order valence-electron chi connectivity index (χ1n) is 9.84. The Kier molecular flexibility index (Phi) is 6.63. The number of nitro benzene ring substituents is 1. The summed E-state index contributed by atoms with van der Waals surface area (Å²) in [5, 5.41) is 11.5. The molecule has 6 nitrogen and oxygen atoms in total. The zero-order valence-electron chi connectivity index (χ0n) is 16.2. The first-order valence-corrected chi connectivity index (χ1v) is 9.84. The van der Waals surface area contributed by atoms with E-state index in [-0.39, 0.29) is 10.6 Å². The number of hydrogen-bond donors (Lipinski definition) is 0. The van der Waals surface area contributed by atoms with Gasteiger partial charge in [0.15, 0.2) is 0 Å². The van der Waals surface area contributed by atoms with Crippen LogP contribution in [-0.4, -0.2) is 24.3 Å². The predicted octanol–water partition coefficient (Wildman–Crippen LogP) is 5.15. The van der Waals surface area contributed by atoms with E-state index >= 15 is 0 Å². The lowest BCUT2D eigenvalue weighted by molar-refractivity contribution is -0.384. The van der Waals surface area contributed by atoms with E-state index in [1.54, 1.807) is 24.3 Å². The summed E-state index contributed by atoms with van der Waals surface area (Å²) < 4.78 is 5.90. The van der Waals surface area contributed by atoms with Crippen molar-refractivity contribution >= 4 is 17.7 Å². The molecule has 6 heteroatoms. The third-order valence-corrected chi connectivity index (χ3v) is 5.27. The zero-order chi connectivity index (χ0) is 19.9. The van der Waals surface area contributed by atoms with Crippen LogP contribution < -0.4 is 9.64 Å². The van der Waals surface area contributed by atoms with Crippen molar-refractivity contribution in [3.8, 4) is 11.5 Å². The van der Waals surface area contributed by atoms with Crippen LogP contribution in [0.4, 0.5) is 11.4 Å². The number of nitro groups is 1. The fourth-order valence-electron chi connectivity index (χ4n) is 3.77. The topological polar surface area (TPSA) is 72.7 Å². The Balaban J connectivity index is 1.77. The Bertz CT molecular complexity index is 812. The van der Waals surface area contributed by atoms with Gasteiger partial charge in [-0.05, 0) is 42.5 Å².